The van der Waals surface area contributed by atoms with Gasteiger partial charge in [0.1, 0.15) is 30.1 Å². The molecule has 15 atom stereocenters. The zero-order valence-electron chi connectivity index (χ0n) is 54.2. The number of aliphatic hydroxyl groups is 4. The highest BCUT2D eigenvalue weighted by Crippen LogP contribution is 2.38. The third-order valence-corrected chi connectivity index (χ3v) is 17.2. The van der Waals surface area contributed by atoms with E-state index >= 15 is 0 Å². The van der Waals surface area contributed by atoms with Gasteiger partial charge in [0.05, 0.1) is 130 Å². The number of ketones is 3. The highest BCUT2D eigenvalue weighted by molar-refractivity contribution is 6.39. The van der Waals surface area contributed by atoms with Gasteiger partial charge in [-0.2, -0.15) is 0 Å². The van der Waals surface area contributed by atoms with Gasteiger partial charge in [0.25, 0.3) is 11.7 Å². The maximum absolute atomic E-state index is 14.6. The number of amides is 1. The van der Waals surface area contributed by atoms with Crippen molar-refractivity contribution >= 4 is 29.2 Å². The van der Waals surface area contributed by atoms with Gasteiger partial charge in [0, 0.05) is 51.4 Å². The van der Waals surface area contributed by atoms with Gasteiger partial charge < -0.3 is 82.2 Å². The first-order chi connectivity index (χ1) is 42.2. The van der Waals surface area contributed by atoms with E-state index in [4.69, 9.17) is 61.9 Å². The van der Waals surface area contributed by atoms with Crippen LogP contribution in [0.15, 0.2) is 47.6 Å². The zero-order chi connectivity index (χ0) is 64.4. The molecule has 4 rings (SSSR count). The molecule has 2 saturated heterocycles. The molecule has 4 N–H and O–H groups in total. The monoisotopic (exact) mass is 1250 g/mol. The summed E-state index contributed by atoms with van der Waals surface area (Å²) in [5.74, 6) is -8.43. The Hall–Kier alpha value is -3.69. The fourth-order valence-corrected chi connectivity index (χ4v) is 11.8. The van der Waals surface area contributed by atoms with E-state index in [1.165, 1.54) is 12.0 Å². The van der Waals surface area contributed by atoms with Crippen LogP contribution in [0.3, 0.4) is 0 Å². The van der Waals surface area contributed by atoms with Crippen LogP contribution in [0.25, 0.3) is 0 Å². The highest BCUT2D eigenvalue weighted by Gasteiger charge is 2.53. The van der Waals surface area contributed by atoms with Crippen molar-refractivity contribution in [3.63, 3.8) is 0 Å². The summed E-state index contributed by atoms with van der Waals surface area (Å²) in [7, 11) is 2.93. The Morgan fingerprint density at radius 2 is 1.27 bits per heavy atom. The van der Waals surface area contributed by atoms with E-state index in [-0.39, 0.29) is 81.1 Å². The van der Waals surface area contributed by atoms with Crippen LogP contribution in [-0.2, 0) is 80.8 Å². The second-order valence-electron chi connectivity index (χ2n) is 24.2. The van der Waals surface area contributed by atoms with Crippen molar-refractivity contribution in [2.24, 2.45) is 35.5 Å². The van der Waals surface area contributed by atoms with E-state index in [1.54, 1.807) is 40.9 Å². The molecule has 1 aliphatic carbocycles. The number of piperidine rings is 1. The molecular weight excluding hydrogens is 1140 g/mol. The van der Waals surface area contributed by atoms with Crippen molar-refractivity contribution in [1.29, 1.82) is 0 Å². The third-order valence-electron chi connectivity index (χ3n) is 17.2. The normalized spacial score (nSPS) is 33.0. The number of fused-ring (bicyclic) bond motifs is 3. The minimum absolute atomic E-state index is 0.0115. The molecule has 1 amide bonds. The van der Waals surface area contributed by atoms with Crippen molar-refractivity contribution in [2.45, 2.75) is 180 Å². The molecule has 3 heterocycles. The van der Waals surface area contributed by atoms with Crippen molar-refractivity contribution in [3.05, 3.63) is 47.6 Å². The molecule has 0 aromatic carbocycles. The van der Waals surface area contributed by atoms with E-state index in [1.807, 2.05) is 51.2 Å². The van der Waals surface area contributed by atoms with Crippen LogP contribution in [-0.4, -0.2) is 236 Å². The van der Waals surface area contributed by atoms with E-state index in [0.29, 0.717) is 149 Å². The average Bonchev–Trinajstić information content (AvgIpc) is 1.71. The number of carbonyl (C=O) groups is 5. The smallest absolute Gasteiger partial charge is 0.329 e. The van der Waals surface area contributed by atoms with Crippen molar-refractivity contribution < 1.29 is 101 Å². The number of aliphatic hydroxyl groups excluding tert-OH is 3. The van der Waals surface area contributed by atoms with Gasteiger partial charge in [-0.05, 0) is 107 Å². The molecule has 22 nitrogen and oxygen atoms in total. The predicted molar refractivity (Wildman–Crippen MR) is 327 cm³/mol. The molecule has 2 bridgehead atoms. The summed E-state index contributed by atoms with van der Waals surface area (Å²) >= 11 is 0. The molecular formula is C66H109NO21. The fraction of sp³-hybridized carbons (Fsp3) is 0.803. The van der Waals surface area contributed by atoms with E-state index < -0.39 is 83.9 Å². The number of methoxy groups -OCH3 is 2. The van der Waals surface area contributed by atoms with Crippen LogP contribution in [0.2, 0.25) is 0 Å². The number of hydrogen-bond acceptors (Lipinski definition) is 21. The lowest BCUT2D eigenvalue weighted by Crippen LogP contribution is -2.61. The molecule has 0 aromatic heterocycles. The first-order valence-corrected chi connectivity index (χ1v) is 32.2. The van der Waals surface area contributed by atoms with Gasteiger partial charge in [0.15, 0.2) is 5.78 Å². The molecule has 0 radical (unpaired) electrons. The lowest BCUT2D eigenvalue weighted by Gasteiger charge is -2.43. The molecule has 3 fully saturated rings. The quantitative estimate of drug-likeness (QED) is 0.0304. The Kier molecular flexibility index (Phi) is 37.0. The molecule has 4 aliphatic rings. The molecule has 1 saturated carbocycles. The number of Topliss-reactive ketones (excluding diaryl/α,β-unsaturated/α-hetero) is 3. The highest BCUT2D eigenvalue weighted by atomic mass is 16.6. The summed E-state index contributed by atoms with van der Waals surface area (Å²) in [5, 5.41) is 43.1. The molecule has 0 spiro atoms. The summed E-state index contributed by atoms with van der Waals surface area (Å²) in [6, 6.07) is -1.19. The second-order valence-corrected chi connectivity index (χ2v) is 24.2. The van der Waals surface area contributed by atoms with Gasteiger partial charge in [-0.1, -0.05) is 71.1 Å². The maximum Gasteiger partial charge on any atom is 0.329 e. The lowest BCUT2D eigenvalue weighted by atomic mass is 9.78. The van der Waals surface area contributed by atoms with Gasteiger partial charge in [-0.15, -0.1) is 0 Å². The van der Waals surface area contributed by atoms with Crippen LogP contribution in [0, 0.1) is 35.5 Å². The number of allylic oxidation sites excluding steroid dienone is 6. The number of cyclic esters (lactones) is 1. The zero-order valence-corrected chi connectivity index (χ0v) is 54.2. The number of carbonyl (C=O) groups excluding carboxylic acids is 5. The topological polar surface area (TPSA) is 280 Å². The van der Waals surface area contributed by atoms with Gasteiger partial charge >= 0.3 is 5.97 Å². The molecule has 0 unspecified atom stereocenters. The van der Waals surface area contributed by atoms with Gasteiger partial charge in [0.2, 0.25) is 5.79 Å². The van der Waals surface area contributed by atoms with Crippen LogP contribution in [0.4, 0.5) is 0 Å². The lowest BCUT2D eigenvalue weighted by molar-refractivity contribution is -0.266. The Labute approximate surface area is 523 Å². The largest absolute Gasteiger partial charge is 0.460 e. The van der Waals surface area contributed by atoms with E-state index in [2.05, 4.69) is 0 Å². The Morgan fingerprint density at radius 1 is 0.682 bits per heavy atom. The van der Waals surface area contributed by atoms with E-state index in [0.717, 1.165) is 5.57 Å². The number of nitrogens with zero attached hydrogens (tertiary/aromatic N) is 1. The number of hydrogen-bond donors (Lipinski definition) is 4. The number of ether oxygens (including phenoxy) is 12. The number of rotatable bonds is 29. The first-order valence-electron chi connectivity index (χ1n) is 32.2. The summed E-state index contributed by atoms with van der Waals surface area (Å²) in [6.07, 6.45) is 10.3. The van der Waals surface area contributed by atoms with Gasteiger partial charge in [-0.25, -0.2) is 4.79 Å². The number of esters is 1. The van der Waals surface area contributed by atoms with Crippen LogP contribution >= 0.6 is 0 Å². The minimum atomic E-state index is -2.51. The molecule has 504 valence electrons. The summed E-state index contributed by atoms with van der Waals surface area (Å²) in [4.78, 5) is 73.0. The average molecular weight is 1250 g/mol. The fourth-order valence-electron chi connectivity index (χ4n) is 11.8. The van der Waals surface area contributed by atoms with Crippen molar-refractivity contribution in [3.8, 4) is 0 Å². The van der Waals surface area contributed by atoms with Crippen molar-refractivity contribution in [2.75, 3.05) is 126 Å². The van der Waals surface area contributed by atoms with Crippen LogP contribution in [0.5, 0.6) is 0 Å². The van der Waals surface area contributed by atoms with Crippen molar-refractivity contribution in [1.82, 2.24) is 4.90 Å². The minimum Gasteiger partial charge on any atom is -0.460 e. The summed E-state index contributed by atoms with van der Waals surface area (Å²) < 4.78 is 68.9. The molecule has 0 aromatic rings. The van der Waals surface area contributed by atoms with Crippen LogP contribution < -0.4 is 0 Å². The summed E-state index contributed by atoms with van der Waals surface area (Å²) in [6.45, 7) is 18.2. The van der Waals surface area contributed by atoms with E-state index in [9.17, 15) is 39.3 Å². The predicted octanol–water partition coefficient (Wildman–Crippen LogP) is 5.66. The molecule has 22 heteroatoms. The Balaban J connectivity index is 1.46. The SMILES string of the molecule is CO[C@@H]1C[C@H](C[C@@H](C)[C@@H]2CC(=O)[C@H](C)/C=C(\C)[C@@H](O)[C@@H](OC)C(=O)[C@H](C)C[C@H](C)/C=C/C=C/C=C(\C)[C@H](OCCOCCOCCOCCOCCOCCOCCOCCO)C[C@@H]3CC[C@@H](C)[C@@](O)(O3)C(=O)C(=O)N3CCCC[C@H]3C(=O)O2)CC[C@H]1O. The third kappa shape index (κ3) is 26.5. The first kappa shape index (κ1) is 76.8. The second kappa shape index (κ2) is 42.4. The standard InChI is InChI=1S/C66H109NO21/c1-45-15-11-10-12-16-46(2)57(86-38-37-85-36-35-84-34-33-83-32-31-82-30-29-81-28-27-80-26-25-79-24-23-68)43-53-20-18-51(7)66(76,88-53)63(73)64(74)67-22-14-13-17-54(67)65(75)87-58(48(4)41-52-19-21-55(69)59(42-52)77-8)44-56(70)47(3)40-50(6)61(72)62(78-9)60(71)49(5)39-45/h10-12,15-16,40,45,47-49,51-55,57-59,61-62,68-69,72,76H,13-14,17-39,41-44H2,1-9H3/b12-10+,15-11+,46-16+,50-40+/t45-,47-,48-,49-,51-,52+,53+,54+,55-,57-,58+,59-,61-,62+,66-/m1/s1. The maximum atomic E-state index is 14.6. The van der Waals surface area contributed by atoms with Crippen LogP contribution in [0.1, 0.15) is 126 Å². The van der Waals surface area contributed by atoms with Gasteiger partial charge in [-0.3, -0.25) is 19.2 Å². The Bertz CT molecular complexity index is 2170. The molecule has 3 aliphatic heterocycles. The Morgan fingerprint density at radius 3 is 1.85 bits per heavy atom. The summed E-state index contributed by atoms with van der Waals surface area (Å²) in [5.41, 5.74) is 1.19. The molecule has 88 heavy (non-hydrogen) atoms.